The van der Waals surface area contributed by atoms with Crippen molar-refractivity contribution in [2.24, 2.45) is 0 Å². The van der Waals surface area contributed by atoms with E-state index in [1.54, 1.807) is 0 Å². The van der Waals surface area contributed by atoms with Gasteiger partial charge in [-0.25, -0.2) is 0 Å². The third kappa shape index (κ3) is 2.44. The van der Waals surface area contributed by atoms with Gasteiger partial charge in [0.1, 0.15) is 0 Å². The first kappa shape index (κ1) is 13.6. The molecular formula is C20H22N2. The van der Waals surface area contributed by atoms with E-state index in [1.807, 2.05) is 0 Å². The Kier molecular flexibility index (Phi) is 3.47. The number of fused-ring (bicyclic) bond motifs is 1. The minimum atomic E-state index is 0.656. The number of hydrogen-bond acceptors (Lipinski definition) is 1. The Labute approximate surface area is 131 Å². The molecule has 1 aromatic heterocycles. The van der Waals surface area contributed by atoms with Gasteiger partial charge in [0.25, 0.3) is 0 Å². The van der Waals surface area contributed by atoms with Crippen LogP contribution >= 0.6 is 0 Å². The molecule has 0 spiro atoms. The second kappa shape index (κ2) is 5.62. The van der Waals surface area contributed by atoms with Crippen LogP contribution in [0.15, 0.2) is 54.7 Å². The number of aromatic nitrogens is 1. The van der Waals surface area contributed by atoms with Crippen molar-refractivity contribution in [1.29, 1.82) is 0 Å². The molecule has 1 N–H and O–H groups in total. The number of aryl methyl sites for hydroxylation is 1. The lowest BCUT2D eigenvalue weighted by atomic mass is 9.98. The third-order valence-corrected chi connectivity index (χ3v) is 4.75. The van der Waals surface area contributed by atoms with E-state index in [9.17, 15) is 0 Å². The van der Waals surface area contributed by atoms with Crippen molar-refractivity contribution in [3.8, 4) is 0 Å². The average Bonchev–Trinajstić information content (AvgIpc) is 3.16. The van der Waals surface area contributed by atoms with Crippen LogP contribution in [0.5, 0.6) is 0 Å². The Morgan fingerprint density at radius 3 is 2.86 bits per heavy atom. The number of rotatable bonds is 3. The lowest BCUT2D eigenvalue weighted by Gasteiger charge is -2.07. The smallest absolute Gasteiger partial charge is 0.0486 e. The molecule has 3 aromatic rings. The summed E-state index contributed by atoms with van der Waals surface area (Å²) in [6.45, 7) is 5.36. The highest BCUT2D eigenvalue weighted by Gasteiger charge is 2.21. The molecule has 0 saturated carbocycles. The minimum absolute atomic E-state index is 0.656. The van der Waals surface area contributed by atoms with Crippen molar-refractivity contribution in [3.05, 3.63) is 71.4 Å². The topological polar surface area (TPSA) is 17.0 Å². The number of para-hydroxylation sites is 1. The highest BCUT2D eigenvalue weighted by molar-refractivity contribution is 5.84. The van der Waals surface area contributed by atoms with Crippen molar-refractivity contribution in [2.45, 2.75) is 25.8 Å². The SMILES string of the molecule is Cc1cccc(Cn2cc(C3CCNC3)c3ccccc32)c1. The molecule has 1 unspecified atom stereocenters. The van der Waals surface area contributed by atoms with Gasteiger partial charge >= 0.3 is 0 Å². The van der Waals surface area contributed by atoms with Crippen LogP contribution in [0.2, 0.25) is 0 Å². The summed E-state index contributed by atoms with van der Waals surface area (Å²) >= 11 is 0. The van der Waals surface area contributed by atoms with Gasteiger partial charge in [-0.3, -0.25) is 0 Å². The van der Waals surface area contributed by atoms with Gasteiger partial charge in [-0.1, -0.05) is 48.0 Å². The lowest BCUT2D eigenvalue weighted by molar-refractivity contribution is 0.754. The number of benzene rings is 2. The highest BCUT2D eigenvalue weighted by atomic mass is 15.0. The Morgan fingerprint density at radius 2 is 2.05 bits per heavy atom. The molecule has 0 aliphatic carbocycles. The summed E-state index contributed by atoms with van der Waals surface area (Å²) in [5.41, 5.74) is 5.56. The van der Waals surface area contributed by atoms with Crippen LogP contribution in [0, 0.1) is 6.92 Å². The minimum Gasteiger partial charge on any atom is -0.343 e. The van der Waals surface area contributed by atoms with E-state index in [0.717, 1.165) is 19.6 Å². The fourth-order valence-corrected chi connectivity index (χ4v) is 3.66. The molecule has 2 heteroatoms. The van der Waals surface area contributed by atoms with Crippen molar-refractivity contribution >= 4 is 10.9 Å². The molecule has 2 aromatic carbocycles. The molecule has 0 bridgehead atoms. The molecule has 2 heterocycles. The van der Waals surface area contributed by atoms with E-state index in [-0.39, 0.29) is 0 Å². The van der Waals surface area contributed by atoms with Crippen molar-refractivity contribution in [2.75, 3.05) is 13.1 Å². The molecule has 1 aliphatic rings. The molecule has 112 valence electrons. The van der Waals surface area contributed by atoms with Gasteiger partial charge in [0.2, 0.25) is 0 Å². The fraction of sp³-hybridized carbons (Fsp3) is 0.300. The molecule has 2 nitrogen and oxygen atoms in total. The van der Waals surface area contributed by atoms with Crippen molar-refractivity contribution in [1.82, 2.24) is 9.88 Å². The average molecular weight is 290 g/mol. The maximum Gasteiger partial charge on any atom is 0.0486 e. The zero-order valence-electron chi connectivity index (χ0n) is 13.0. The summed E-state index contributed by atoms with van der Waals surface area (Å²) in [6.07, 6.45) is 3.63. The maximum absolute atomic E-state index is 3.49. The molecule has 1 fully saturated rings. The molecule has 22 heavy (non-hydrogen) atoms. The van der Waals surface area contributed by atoms with E-state index in [0.29, 0.717) is 5.92 Å². The van der Waals surface area contributed by atoms with Gasteiger partial charge in [0.05, 0.1) is 0 Å². The van der Waals surface area contributed by atoms with E-state index in [1.165, 1.54) is 34.0 Å². The molecule has 1 saturated heterocycles. The zero-order chi connectivity index (χ0) is 14.9. The monoisotopic (exact) mass is 290 g/mol. The van der Waals surface area contributed by atoms with Crippen LogP contribution < -0.4 is 5.32 Å². The first-order valence-electron chi connectivity index (χ1n) is 8.15. The highest BCUT2D eigenvalue weighted by Crippen LogP contribution is 2.31. The Morgan fingerprint density at radius 1 is 1.14 bits per heavy atom. The van der Waals surface area contributed by atoms with Gasteiger partial charge in [0, 0.05) is 30.2 Å². The van der Waals surface area contributed by atoms with Crippen LogP contribution in [-0.2, 0) is 6.54 Å². The summed E-state index contributed by atoms with van der Waals surface area (Å²) in [6, 6.07) is 17.6. The Balaban J connectivity index is 1.77. The molecule has 1 aliphatic heterocycles. The van der Waals surface area contributed by atoms with Gasteiger partial charge < -0.3 is 9.88 Å². The summed E-state index contributed by atoms with van der Waals surface area (Å²) in [5, 5.41) is 4.91. The largest absolute Gasteiger partial charge is 0.343 e. The predicted molar refractivity (Wildman–Crippen MR) is 92.4 cm³/mol. The van der Waals surface area contributed by atoms with Crippen LogP contribution in [0.4, 0.5) is 0 Å². The summed E-state index contributed by atoms with van der Waals surface area (Å²) in [5.74, 6) is 0.656. The van der Waals surface area contributed by atoms with E-state index in [4.69, 9.17) is 0 Å². The summed E-state index contributed by atoms with van der Waals surface area (Å²) < 4.78 is 2.41. The van der Waals surface area contributed by atoms with Crippen molar-refractivity contribution < 1.29 is 0 Å². The molecule has 1 atom stereocenters. The predicted octanol–water partition coefficient (Wildman–Crippen LogP) is 4.07. The van der Waals surface area contributed by atoms with Gasteiger partial charge in [-0.2, -0.15) is 0 Å². The third-order valence-electron chi connectivity index (χ3n) is 4.75. The van der Waals surface area contributed by atoms with Crippen molar-refractivity contribution in [3.63, 3.8) is 0 Å². The van der Waals surface area contributed by atoms with Gasteiger partial charge in [-0.05, 0) is 43.0 Å². The second-order valence-electron chi connectivity index (χ2n) is 6.41. The van der Waals surface area contributed by atoms with Crippen LogP contribution in [0.3, 0.4) is 0 Å². The molecule has 0 amide bonds. The lowest BCUT2D eigenvalue weighted by Crippen LogP contribution is -2.07. The Bertz CT molecular complexity index is 794. The number of nitrogens with one attached hydrogen (secondary N) is 1. The summed E-state index contributed by atoms with van der Waals surface area (Å²) in [4.78, 5) is 0. The van der Waals surface area contributed by atoms with Gasteiger partial charge in [0.15, 0.2) is 0 Å². The van der Waals surface area contributed by atoms with Gasteiger partial charge in [-0.15, -0.1) is 0 Å². The molecule has 0 radical (unpaired) electrons. The first-order chi connectivity index (χ1) is 10.8. The molecular weight excluding hydrogens is 268 g/mol. The van der Waals surface area contributed by atoms with Crippen LogP contribution in [0.25, 0.3) is 10.9 Å². The zero-order valence-corrected chi connectivity index (χ0v) is 13.0. The standard InChI is InChI=1S/C20H22N2/c1-15-5-4-6-16(11-15)13-22-14-19(17-9-10-21-12-17)18-7-2-3-8-20(18)22/h2-8,11,14,17,21H,9-10,12-13H2,1H3. The Hall–Kier alpha value is -2.06. The normalized spacial score (nSPS) is 18.1. The second-order valence-corrected chi connectivity index (χ2v) is 6.41. The summed E-state index contributed by atoms with van der Waals surface area (Å²) in [7, 11) is 0. The quantitative estimate of drug-likeness (QED) is 0.769. The van der Waals surface area contributed by atoms with E-state index >= 15 is 0 Å². The van der Waals surface area contributed by atoms with E-state index < -0.39 is 0 Å². The number of hydrogen-bond donors (Lipinski definition) is 1. The first-order valence-corrected chi connectivity index (χ1v) is 8.15. The van der Waals surface area contributed by atoms with Crippen LogP contribution in [-0.4, -0.2) is 17.7 Å². The molecule has 4 rings (SSSR count). The maximum atomic E-state index is 3.49. The number of nitrogens with zero attached hydrogens (tertiary/aromatic N) is 1. The fourth-order valence-electron chi connectivity index (χ4n) is 3.66. The van der Waals surface area contributed by atoms with Crippen LogP contribution in [0.1, 0.15) is 29.0 Å². The van der Waals surface area contributed by atoms with E-state index in [2.05, 4.69) is 71.5 Å².